The molecule has 240 valence electrons. The predicted molar refractivity (Wildman–Crippen MR) is 145 cm³/mol. The molecule has 45 heavy (non-hydrogen) atoms. The number of nitrogens with two attached hydrogens (primary N) is 2. The number of aliphatic hydroxyl groups is 1. The third-order valence-corrected chi connectivity index (χ3v) is 9.40. The Bertz CT molecular complexity index is 2000. The third kappa shape index (κ3) is 5.44. The molecule has 0 aliphatic carbocycles. The number of phosphoric acid groups is 1. The van der Waals surface area contributed by atoms with Gasteiger partial charge in [-0.15, -0.1) is 0 Å². The van der Waals surface area contributed by atoms with E-state index in [1.165, 1.54) is 10.9 Å². The number of halogens is 1. The van der Waals surface area contributed by atoms with Crippen LogP contribution in [0.25, 0.3) is 22.3 Å². The number of H-pyrrole nitrogens is 1. The summed E-state index contributed by atoms with van der Waals surface area (Å²) in [6, 6.07) is 0. The van der Waals surface area contributed by atoms with Gasteiger partial charge in [-0.3, -0.25) is 37.0 Å². The van der Waals surface area contributed by atoms with Crippen molar-refractivity contribution in [1.29, 1.82) is 0 Å². The van der Waals surface area contributed by atoms with E-state index in [1.54, 1.807) is 0 Å². The molecule has 2 saturated heterocycles. The first-order valence-corrected chi connectivity index (χ1v) is 16.2. The zero-order chi connectivity index (χ0) is 31.8. The Morgan fingerprint density at radius 2 is 1.73 bits per heavy atom. The molecular formula is C21H23FN10O11P2. The van der Waals surface area contributed by atoms with Gasteiger partial charge in [0.1, 0.15) is 36.7 Å². The molecule has 0 aromatic carbocycles. The van der Waals surface area contributed by atoms with Crippen molar-refractivity contribution in [2.45, 2.75) is 49.4 Å². The van der Waals surface area contributed by atoms with E-state index in [0.29, 0.717) is 0 Å². The summed E-state index contributed by atoms with van der Waals surface area (Å²) in [5.74, 6) is 0.286. The van der Waals surface area contributed by atoms with Gasteiger partial charge in [0.2, 0.25) is 5.95 Å². The number of aromatic nitrogens is 8. The number of aliphatic hydroxyl groups excluding tert-OH is 1. The SMILES string of the molecule is Nc1nc2c(ncn2[C@@H]2O[C@@H]3/C=C\P(=O)(O)O[C@H]4C[C@H](n5cnc6c(N)nc(F)nc65)O[C@@H]4COP(=O)(O)O[C@H]3[C@H]2O)c(=O)[nH]1. The number of hydrogen-bond donors (Lipinski definition) is 6. The molecule has 9 atom stereocenters. The van der Waals surface area contributed by atoms with Gasteiger partial charge in [-0.25, -0.2) is 14.5 Å². The average Bonchev–Trinajstić information content (AvgIpc) is 3.71. The summed E-state index contributed by atoms with van der Waals surface area (Å²) < 4.78 is 70.2. The zero-order valence-corrected chi connectivity index (χ0v) is 24.2. The Kier molecular flexibility index (Phi) is 7.13. The average molecular weight is 672 g/mol. The van der Waals surface area contributed by atoms with Gasteiger partial charge in [0.25, 0.3) is 5.56 Å². The third-order valence-electron chi connectivity index (χ3n) is 7.29. The van der Waals surface area contributed by atoms with Crippen LogP contribution in [0.15, 0.2) is 29.3 Å². The lowest BCUT2D eigenvalue weighted by molar-refractivity contribution is -0.0468. The Balaban J connectivity index is 1.18. The van der Waals surface area contributed by atoms with E-state index in [0.717, 1.165) is 22.8 Å². The van der Waals surface area contributed by atoms with E-state index in [4.69, 9.17) is 34.5 Å². The van der Waals surface area contributed by atoms with E-state index in [9.17, 15) is 33.2 Å². The van der Waals surface area contributed by atoms with Gasteiger partial charge in [0, 0.05) is 12.2 Å². The lowest BCUT2D eigenvalue weighted by Crippen LogP contribution is -2.34. The van der Waals surface area contributed by atoms with Crippen molar-refractivity contribution in [3.05, 3.63) is 41.0 Å². The minimum atomic E-state index is -4.99. The number of anilines is 2. The number of nitrogens with zero attached hydrogens (tertiary/aromatic N) is 7. The fourth-order valence-electron chi connectivity index (χ4n) is 5.34. The molecule has 0 bridgehead atoms. The molecule has 8 N–H and O–H groups in total. The first-order chi connectivity index (χ1) is 21.3. The highest BCUT2D eigenvalue weighted by molar-refractivity contribution is 7.56. The van der Waals surface area contributed by atoms with Gasteiger partial charge >= 0.3 is 21.5 Å². The Morgan fingerprint density at radius 3 is 2.53 bits per heavy atom. The second-order valence-electron chi connectivity index (χ2n) is 10.2. The molecule has 0 amide bonds. The van der Waals surface area contributed by atoms with Gasteiger partial charge in [-0.05, 0) is 6.08 Å². The molecular weight excluding hydrogens is 649 g/mol. The van der Waals surface area contributed by atoms with E-state index < -0.39 is 76.6 Å². The van der Waals surface area contributed by atoms with Crippen molar-refractivity contribution in [2.75, 3.05) is 18.1 Å². The Morgan fingerprint density at radius 1 is 1.00 bits per heavy atom. The molecule has 0 spiro atoms. The van der Waals surface area contributed by atoms with Crippen LogP contribution in [-0.4, -0.2) is 91.1 Å². The minimum Gasteiger partial charge on any atom is -0.386 e. The fourth-order valence-corrected chi connectivity index (χ4v) is 7.36. The van der Waals surface area contributed by atoms with Crippen LogP contribution in [0, 0.1) is 6.08 Å². The van der Waals surface area contributed by atoms with Crippen LogP contribution < -0.4 is 17.0 Å². The molecule has 2 fully saturated rings. The summed E-state index contributed by atoms with van der Waals surface area (Å²) in [6.07, 6.45) is -7.54. The molecule has 24 heteroatoms. The molecule has 0 radical (unpaired) electrons. The fraction of sp³-hybridized carbons (Fsp3) is 0.429. The number of rotatable bonds is 2. The summed E-state index contributed by atoms with van der Waals surface area (Å²) in [6.45, 7) is -0.688. The molecule has 0 saturated carbocycles. The predicted octanol–water partition coefficient (Wildman–Crippen LogP) is -0.591. The smallest absolute Gasteiger partial charge is 0.386 e. The van der Waals surface area contributed by atoms with Crippen LogP contribution in [0.4, 0.5) is 16.2 Å². The first kappa shape index (κ1) is 30.0. The van der Waals surface area contributed by atoms with E-state index in [1.807, 2.05) is 0 Å². The molecule has 4 aromatic heterocycles. The monoisotopic (exact) mass is 672 g/mol. The number of aromatic amines is 1. The minimum absolute atomic E-state index is 0.0341. The van der Waals surface area contributed by atoms with Crippen molar-refractivity contribution >= 4 is 49.5 Å². The van der Waals surface area contributed by atoms with Crippen LogP contribution in [-0.2, 0) is 32.2 Å². The van der Waals surface area contributed by atoms with Crippen LogP contribution in [0.3, 0.4) is 0 Å². The normalized spacial score (nSPS) is 36.4. The van der Waals surface area contributed by atoms with Crippen LogP contribution in [0.1, 0.15) is 18.9 Å². The lowest BCUT2D eigenvalue weighted by atomic mass is 10.1. The van der Waals surface area contributed by atoms with Gasteiger partial charge in [0.05, 0.1) is 19.3 Å². The largest absolute Gasteiger partial charge is 0.472 e. The molecule has 3 aliphatic rings. The molecule has 21 nitrogen and oxygen atoms in total. The van der Waals surface area contributed by atoms with Crippen molar-refractivity contribution in [3.63, 3.8) is 0 Å². The number of imidazole rings is 2. The summed E-state index contributed by atoms with van der Waals surface area (Å²) in [5, 5.41) is 11.1. The molecule has 3 aliphatic heterocycles. The lowest BCUT2D eigenvalue weighted by Gasteiger charge is -2.25. The number of nitrogen functional groups attached to an aromatic ring is 2. The van der Waals surface area contributed by atoms with Crippen molar-refractivity contribution in [3.8, 4) is 0 Å². The number of fused-ring (bicyclic) bond motifs is 4. The Labute approximate surface area is 248 Å². The number of ether oxygens (including phenoxy) is 2. The molecule has 7 rings (SSSR count). The summed E-state index contributed by atoms with van der Waals surface area (Å²) >= 11 is 0. The Hall–Kier alpha value is -3.69. The maximum atomic E-state index is 13.9. The van der Waals surface area contributed by atoms with Crippen molar-refractivity contribution in [2.24, 2.45) is 0 Å². The number of nitrogens with one attached hydrogen (secondary N) is 1. The highest BCUT2D eigenvalue weighted by atomic mass is 31.2. The summed E-state index contributed by atoms with van der Waals surface area (Å²) in [4.78, 5) is 54.9. The second-order valence-corrected chi connectivity index (χ2v) is 13.3. The van der Waals surface area contributed by atoms with Crippen LogP contribution in [0.5, 0.6) is 0 Å². The van der Waals surface area contributed by atoms with E-state index in [2.05, 4.69) is 29.9 Å². The van der Waals surface area contributed by atoms with Gasteiger partial charge in [0.15, 0.2) is 34.4 Å². The quantitative estimate of drug-likeness (QED) is 0.114. The second kappa shape index (κ2) is 10.7. The van der Waals surface area contributed by atoms with Crippen LogP contribution >= 0.6 is 15.4 Å². The van der Waals surface area contributed by atoms with E-state index >= 15 is 0 Å². The summed E-state index contributed by atoms with van der Waals surface area (Å²) in [5.41, 5.74) is 10.5. The van der Waals surface area contributed by atoms with Gasteiger partial charge < -0.3 is 35.8 Å². The zero-order valence-electron chi connectivity index (χ0n) is 22.4. The molecule has 7 heterocycles. The summed E-state index contributed by atoms with van der Waals surface area (Å²) in [7, 11) is -9.59. The number of hydrogen-bond acceptors (Lipinski definition) is 16. The van der Waals surface area contributed by atoms with Crippen molar-refractivity contribution in [1.82, 2.24) is 39.0 Å². The van der Waals surface area contributed by atoms with Gasteiger partial charge in [-0.2, -0.15) is 19.3 Å². The highest BCUT2D eigenvalue weighted by Gasteiger charge is 2.50. The standard InChI is InChI=1S/C21H23FN10O11P2/c22-20-27-15(23)11-16(28-20)31(5-25-11)10-3-8-9(40-10)4-39-45(37,38)43-14-7(1-2-44(35,36)42-8)41-19(13(14)33)32-6-26-12-17(32)29-21(24)30-18(12)34/h1-2,5-10,13-14,19,33H,3-4H2,(H,35,36)(H,37,38)(H2,23,27,28)(H3,24,29,30,34)/b2-1-/t7-,8+,9-,10-,13-,14-,19-/m1/s1. The highest BCUT2D eigenvalue weighted by Crippen LogP contribution is 2.53. The van der Waals surface area contributed by atoms with E-state index in [-0.39, 0.29) is 40.5 Å². The van der Waals surface area contributed by atoms with Crippen LogP contribution in [0.2, 0.25) is 0 Å². The maximum absolute atomic E-state index is 13.9. The number of phosphoric ester groups is 1. The van der Waals surface area contributed by atoms with Gasteiger partial charge in [-0.1, -0.05) is 0 Å². The first-order valence-electron chi connectivity index (χ1n) is 13.0. The topological polar surface area (TPSA) is 300 Å². The van der Waals surface area contributed by atoms with Crippen molar-refractivity contribution < 1.29 is 51.5 Å². The maximum Gasteiger partial charge on any atom is 0.472 e. The molecule has 2 unspecified atom stereocenters. The molecule has 4 aromatic rings.